The summed E-state index contributed by atoms with van der Waals surface area (Å²) >= 11 is 0. The Hall–Kier alpha value is -2.90. The fraction of sp³-hybridized carbons (Fsp3) is 0.524. The van der Waals surface area contributed by atoms with Gasteiger partial charge in [-0.3, -0.25) is 4.79 Å². The van der Waals surface area contributed by atoms with Crippen LogP contribution in [-0.2, 0) is 0 Å². The average Bonchev–Trinajstić information content (AvgIpc) is 3.29. The summed E-state index contributed by atoms with van der Waals surface area (Å²) in [6, 6.07) is 5.66. The fourth-order valence-corrected chi connectivity index (χ4v) is 3.79. The van der Waals surface area contributed by atoms with Gasteiger partial charge in [-0.1, -0.05) is 0 Å². The first-order valence-electron chi connectivity index (χ1n) is 10.3. The first-order chi connectivity index (χ1) is 14.1. The second-order valence-electron chi connectivity index (χ2n) is 7.80. The van der Waals surface area contributed by atoms with Crippen molar-refractivity contribution in [3.05, 3.63) is 36.2 Å². The molecule has 2 aliphatic heterocycles. The van der Waals surface area contributed by atoms with Crippen LogP contribution in [0, 0.1) is 0 Å². The molecule has 0 radical (unpaired) electrons. The number of hydrogen-bond donors (Lipinski definition) is 0. The van der Waals surface area contributed by atoms with Gasteiger partial charge in [-0.15, -0.1) is 0 Å². The van der Waals surface area contributed by atoms with Gasteiger partial charge in [-0.25, -0.2) is 9.97 Å². The highest BCUT2D eigenvalue weighted by Gasteiger charge is 2.23. The van der Waals surface area contributed by atoms with Gasteiger partial charge < -0.3 is 19.4 Å². The van der Waals surface area contributed by atoms with Crippen LogP contribution in [0.4, 0.5) is 11.8 Å². The Balaban J connectivity index is 1.31. The molecule has 0 unspecified atom stereocenters. The summed E-state index contributed by atoms with van der Waals surface area (Å²) in [6.45, 7) is 3.44. The lowest BCUT2D eigenvalue weighted by molar-refractivity contribution is 0.0792. The van der Waals surface area contributed by atoms with Gasteiger partial charge in [0.05, 0.1) is 5.56 Å². The predicted octanol–water partition coefficient (Wildman–Crippen LogP) is 2.22. The van der Waals surface area contributed by atoms with Crippen molar-refractivity contribution in [3.63, 3.8) is 0 Å². The van der Waals surface area contributed by atoms with Gasteiger partial charge in [-0.2, -0.15) is 4.98 Å². The molecule has 0 spiro atoms. The smallest absolute Gasteiger partial charge is 0.255 e. The number of aromatic nitrogens is 3. The Labute approximate surface area is 171 Å². The molecule has 1 amide bonds. The zero-order valence-electron chi connectivity index (χ0n) is 17.1. The molecule has 29 heavy (non-hydrogen) atoms. The van der Waals surface area contributed by atoms with Crippen molar-refractivity contribution in [2.24, 2.45) is 0 Å². The molecule has 0 N–H and O–H groups in total. The van der Waals surface area contributed by atoms with Crippen LogP contribution in [0.1, 0.15) is 36.0 Å². The number of hydrogen-bond acceptors (Lipinski definition) is 7. The highest BCUT2D eigenvalue weighted by Crippen LogP contribution is 2.22. The molecular weight excluding hydrogens is 368 g/mol. The number of piperidine rings is 1. The van der Waals surface area contributed by atoms with Crippen molar-refractivity contribution >= 4 is 17.7 Å². The summed E-state index contributed by atoms with van der Waals surface area (Å²) < 4.78 is 6.06. The third-order valence-electron chi connectivity index (χ3n) is 5.46. The number of anilines is 2. The highest BCUT2D eigenvalue weighted by molar-refractivity contribution is 5.94. The normalized spacial score (nSPS) is 17.4. The number of amides is 1. The molecule has 2 fully saturated rings. The lowest BCUT2D eigenvalue weighted by atomic mass is 10.1. The second-order valence-corrected chi connectivity index (χ2v) is 7.80. The topological polar surface area (TPSA) is 74.7 Å². The summed E-state index contributed by atoms with van der Waals surface area (Å²) in [5.74, 6) is 2.27. The molecular formula is C21H28N6O2. The van der Waals surface area contributed by atoms with Gasteiger partial charge in [0.15, 0.2) is 0 Å². The standard InChI is InChI=1S/C21H28N6O2/c1-25(2)21-22-10-7-19(24-21)29-17-8-13-26(14-9-17)18-6-5-16(15-23-18)20(28)27-11-3-4-12-27/h5-7,10,15,17H,3-4,8-9,11-14H2,1-2H3. The third-order valence-corrected chi connectivity index (χ3v) is 5.46. The van der Waals surface area contributed by atoms with Crippen LogP contribution < -0.4 is 14.5 Å². The van der Waals surface area contributed by atoms with Gasteiger partial charge in [0.25, 0.3) is 5.91 Å². The monoisotopic (exact) mass is 396 g/mol. The van der Waals surface area contributed by atoms with E-state index < -0.39 is 0 Å². The number of carbonyl (C=O) groups excluding carboxylic acids is 1. The van der Waals surface area contributed by atoms with Crippen LogP contribution in [0.2, 0.25) is 0 Å². The van der Waals surface area contributed by atoms with Crippen LogP contribution in [0.25, 0.3) is 0 Å². The van der Waals surface area contributed by atoms with E-state index in [0.29, 0.717) is 17.4 Å². The van der Waals surface area contributed by atoms with Gasteiger partial charge in [0.2, 0.25) is 11.8 Å². The molecule has 0 bridgehead atoms. The summed E-state index contributed by atoms with van der Waals surface area (Å²) in [5, 5.41) is 0. The number of nitrogens with zero attached hydrogens (tertiary/aromatic N) is 6. The number of likely N-dealkylation sites (tertiary alicyclic amines) is 1. The number of ether oxygens (including phenoxy) is 1. The molecule has 8 nitrogen and oxygen atoms in total. The van der Waals surface area contributed by atoms with Gasteiger partial charge >= 0.3 is 0 Å². The average molecular weight is 396 g/mol. The predicted molar refractivity (Wildman–Crippen MR) is 112 cm³/mol. The minimum atomic E-state index is 0.0932. The second kappa shape index (κ2) is 8.63. The first kappa shape index (κ1) is 19.4. The zero-order valence-corrected chi connectivity index (χ0v) is 17.1. The molecule has 154 valence electrons. The van der Waals surface area contributed by atoms with Crippen LogP contribution in [0.3, 0.4) is 0 Å². The molecule has 8 heteroatoms. The SMILES string of the molecule is CN(C)c1nccc(OC2CCN(c3ccc(C(=O)N4CCCC4)cn3)CC2)n1. The number of carbonyl (C=O) groups is 1. The van der Waals surface area contributed by atoms with Crippen LogP contribution in [-0.4, -0.2) is 72.1 Å². The number of rotatable bonds is 5. The minimum Gasteiger partial charge on any atom is -0.474 e. The Morgan fingerprint density at radius 1 is 1.07 bits per heavy atom. The van der Waals surface area contributed by atoms with Crippen molar-refractivity contribution < 1.29 is 9.53 Å². The zero-order chi connectivity index (χ0) is 20.2. The van der Waals surface area contributed by atoms with E-state index in [2.05, 4.69) is 19.9 Å². The Kier molecular flexibility index (Phi) is 5.78. The largest absolute Gasteiger partial charge is 0.474 e. The van der Waals surface area contributed by atoms with Crippen molar-refractivity contribution in [2.75, 3.05) is 50.1 Å². The van der Waals surface area contributed by atoms with Crippen LogP contribution >= 0.6 is 0 Å². The lowest BCUT2D eigenvalue weighted by Crippen LogP contribution is -2.39. The van der Waals surface area contributed by atoms with Crippen molar-refractivity contribution in [3.8, 4) is 5.88 Å². The maximum atomic E-state index is 12.5. The van der Waals surface area contributed by atoms with E-state index in [1.807, 2.05) is 36.0 Å². The number of pyridine rings is 1. The van der Waals surface area contributed by atoms with Gasteiger partial charge in [-0.05, 0) is 25.0 Å². The molecule has 2 aromatic rings. The van der Waals surface area contributed by atoms with Gasteiger partial charge in [0, 0.05) is 71.6 Å². The molecule has 2 saturated heterocycles. The molecule has 4 rings (SSSR count). The maximum Gasteiger partial charge on any atom is 0.255 e. The molecule has 4 heterocycles. The van der Waals surface area contributed by atoms with Gasteiger partial charge in [0.1, 0.15) is 11.9 Å². The van der Waals surface area contributed by atoms with E-state index >= 15 is 0 Å². The third kappa shape index (κ3) is 4.58. The highest BCUT2D eigenvalue weighted by atomic mass is 16.5. The molecule has 0 atom stereocenters. The lowest BCUT2D eigenvalue weighted by Gasteiger charge is -2.32. The van der Waals surface area contributed by atoms with Crippen molar-refractivity contribution in [2.45, 2.75) is 31.8 Å². The Morgan fingerprint density at radius 3 is 2.48 bits per heavy atom. The molecule has 2 aromatic heterocycles. The molecule has 2 aliphatic rings. The van der Waals surface area contributed by atoms with E-state index in [4.69, 9.17) is 4.74 Å². The Morgan fingerprint density at radius 2 is 1.83 bits per heavy atom. The summed E-state index contributed by atoms with van der Waals surface area (Å²) in [7, 11) is 3.82. The summed E-state index contributed by atoms with van der Waals surface area (Å²) in [6.07, 6.45) is 7.56. The molecule has 0 saturated carbocycles. The first-order valence-corrected chi connectivity index (χ1v) is 10.3. The summed E-state index contributed by atoms with van der Waals surface area (Å²) in [5.41, 5.74) is 0.675. The van der Waals surface area contributed by atoms with E-state index in [0.717, 1.165) is 57.7 Å². The quantitative estimate of drug-likeness (QED) is 0.767. The summed E-state index contributed by atoms with van der Waals surface area (Å²) in [4.78, 5) is 31.7. The van der Waals surface area contributed by atoms with Crippen LogP contribution in [0.15, 0.2) is 30.6 Å². The van der Waals surface area contributed by atoms with Crippen LogP contribution in [0.5, 0.6) is 5.88 Å². The minimum absolute atomic E-state index is 0.0932. The van der Waals surface area contributed by atoms with Crippen molar-refractivity contribution in [1.82, 2.24) is 19.9 Å². The van der Waals surface area contributed by atoms with Crippen molar-refractivity contribution in [1.29, 1.82) is 0 Å². The van der Waals surface area contributed by atoms with E-state index in [1.165, 1.54) is 0 Å². The van der Waals surface area contributed by atoms with E-state index in [9.17, 15) is 4.79 Å². The molecule has 0 aromatic carbocycles. The van der Waals surface area contributed by atoms with E-state index in [-0.39, 0.29) is 12.0 Å². The fourth-order valence-electron chi connectivity index (χ4n) is 3.79. The molecule has 0 aliphatic carbocycles. The maximum absolute atomic E-state index is 12.5. The Bertz CT molecular complexity index is 827. The van der Waals surface area contributed by atoms with E-state index in [1.54, 1.807) is 18.5 Å².